The van der Waals surface area contributed by atoms with E-state index in [0.29, 0.717) is 12.8 Å². The quantitative estimate of drug-likeness (QED) is 0.351. The predicted molar refractivity (Wildman–Crippen MR) is 115 cm³/mol. The number of phenolic OH excluding ortho intramolecular Hbond substituents is 1. The maximum Gasteiger partial charge on any atom is 0.335 e. The molecule has 2 aromatic carbocycles. The Morgan fingerprint density at radius 3 is 2.38 bits per heavy atom. The number of rotatable bonds is 7. The van der Waals surface area contributed by atoms with Crippen LogP contribution < -0.4 is 4.74 Å². The first kappa shape index (κ1) is 24.0. The van der Waals surface area contributed by atoms with Crippen LogP contribution in [-0.2, 0) is 31.9 Å². The van der Waals surface area contributed by atoms with Crippen LogP contribution in [0.4, 0.5) is 0 Å². The second-order valence-corrected chi connectivity index (χ2v) is 8.58. The maximum atomic E-state index is 12.4. The Morgan fingerprint density at radius 1 is 0.971 bits per heavy atom. The van der Waals surface area contributed by atoms with Gasteiger partial charge in [0.15, 0.2) is 6.10 Å². The molecule has 0 aromatic heterocycles. The number of ether oxygens (including phenoxy) is 3. The summed E-state index contributed by atoms with van der Waals surface area (Å²) in [6, 6.07) is 13.5. The number of carbonyl (C=O) groups excluding carboxylic acids is 1. The molecule has 4 rings (SSSR count). The number of hydrogen-bond acceptors (Lipinski definition) is 9. The van der Waals surface area contributed by atoms with Crippen molar-refractivity contribution in [3.05, 3.63) is 59.7 Å². The van der Waals surface area contributed by atoms with E-state index in [0.717, 1.165) is 11.1 Å². The van der Waals surface area contributed by atoms with Gasteiger partial charge in [-0.25, -0.2) is 4.79 Å². The summed E-state index contributed by atoms with van der Waals surface area (Å²) in [6.45, 7) is 0.272. The first-order valence-corrected chi connectivity index (χ1v) is 10.9. The van der Waals surface area contributed by atoms with Crippen LogP contribution in [0, 0.1) is 11.8 Å². The van der Waals surface area contributed by atoms with E-state index in [4.69, 9.17) is 14.2 Å². The lowest BCUT2D eigenvalue weighted by Crippen LogP contribution is -2.61. The lowest BCUT2D eigenvalue weighted by atomic mass is 9.85. The Bertz CT molecular complexity index is 1040. The van der Waals surface area contributed by atoms with Crippen molar-refractivity contribution < 1.29 is 49.3 Å². The third kappa shape index (κ3) is 5.15. The van der Waals surface area contributed by atoms with Gasteiger partial charge in [-0.05, 0) is 48.2 Å². The third-order valence-corrected chi connectivity index (χ3v) is 6.14. The van der Waals surface area contributed by atoms with Crippen molar-refractivity contribution in [1.29, 1.82) is 0 Å². The SMILES string of the molecule is O=C1OCC(Cc2cccc(O)c2)C1Cc1cccc(O[C@@H]2O[C@H](C(=O)O)[C@@H](O)[C@H](O)[C@H]2O)c1. The van der Waals surface area contributed by atoms with Crippen molar-refractivity contribution in [3.63, 3.8) is 0 Å². The van der Waals surface area contributed by atoms with Crippen molar-refractivity contribution in [2.75, 3.05) is 6.61 Å². The molecular formula is C24H26O10. The Balaban J connectivity index is 1.45. The van der Waals surface area contributed by atoms with Crippen LogP contribution >= 0.6 is 0 Å². The lowest BCUT2D eigenvalue weighted by Gasteiger charge is -2.38. The summed E-state index contributed by atoms with van der Waals surface area (Å²) in [4.78, 5) is 23.7. The van der Waals surface area contributed by atoms with E-state index in [2.05, 4.69) is 0 Å². The van der Waals surface area contributed by atoms with E-state index in [-0.39, 0.29) is 30.0 Å². The fourth-order valence-corrected chi connectivity index (χ4v) is 4.33. The molecule has 10 nitrogen and oxygen atoms in total. The molecule has 2 saturated heterocycles. The Kier molecular flexibility index (Phi) is 7.03. The molecule has 2 aliphatic heterocycles. The summed E-state index contributed by atoms with van der Waals surface area (Å²) in [7, 11) is 0. The van der Waals surface area contributed by atoms with Crippen molar-refractivity contribution in [2.24, 2.45) is 11.8 Å². The first-order valence-electron chi connectivity index (χ1n) is 10.9. The molecule has 0 amide bonds. The number of aromatic hydroxyl groups is 1. The smallest absolute Gasteiger partial charge is 0.335 e. The van der Waals surface area contributed by atoms with E-state index < -0.39 is 42.6 Å². The van der Waals surface area contributed by atoms with Gasteiger partial charge >= 0.3 is 11.9 Å². The molecule has 5 N–H and O–H groups in total. The fraction of sp³-hybridized carbons (Fsp3) is 0.417. The van der Waals surface area contributed by atoms with E-state index in [9.17, 15) is 35.1 Å². The molecule has 2 heterocycles. The van der Waals surface area contributed by atoms with Crippen LogP contribution in [0.2, 0.25) is 0 Å². The minimum absolute atomic E-state index is 0.0877. The van der Waals surface area contributed by atoms with Gasteiger partial charge in [0.1, 0.15) is 29.8 Å². The number of carbonyl (C=O) groups is 2. The van der Waals surface area contributed by atoms with Gasteiger partial charge in [0.2, 0.25) is 6.29 Å². The van der Waals surface area contributed by atoms with Gasteiger partial charge in [-0.3, -0.25) is 4.79 Å². The van der Waals surface area contributed by atoms with Gasteiger partial charge in [0.25, 0.3) is 0 Å². The first-order chi connectivity index (χ1) is 16.2. The molecule has 182 valence electrons. The number of hydrogen-bond donors (Lipinski definition) is 5. The van der Waals surface area contributed by atoms with Gasteiger partial charge in [-0.2, -0.15) is 0 Å². The summed E-state index contributed by atoms with van der Waals surface area (Å²) in [5.41, 5.74) is 1.63. The molecule has 0 radical (unpaired) electrons. The topological polar surface area (TPSA) is 163 Å². The zero-order valence-electron chi connectivity index (χ0n) is 18.1. The Morgan fingerprint density at radius 2 is 1.68 bits per heavy atom. The number of aliphatic hydroxyl groups is 3. The monoisotopic (exact) mass is 474 g/mol. The van der Waals surface area contributed by atoms with Crippen molar-refractivity contribution in [2.45, 2.75) is 43.5 Å². The highest BCUT2D eigenvalue weighted by molar-refractivity contribution is 5.75. The number of carboxylic acid groups (broad SMARTS) is 1. The van der Waals surface area contributed by atoms with Gasteiger partial charge in [-0.1, -0.05) is 24.3 Å². The van der Waals surface area contributed by atoms with E-state index >= 15 is 0 Å². The maximum absolute atomic E-state index is 12.4. The minimum atomic E-state index is -1.81. The molecule has 2 aliphatic rings. The standard InChI is InChI=1S/C24H26O10/c25-15-5-1-3-12(8-15)7-14-11-32-23(31)17(14)10-13-4-2-6-16(9-13)33-24-20(28)18(26)19(27)21(34-24)22(29)30/h1-6,8-9,14,17-21,24-28H,7,10-11H2,(H,29,30)/t14?,17?,18-,19-,20+,21-,24+/m0/s1. The predicted octanol–water partition coefficient (Wildman–Crippen LogP) is 0.238. The third-order valence-electron chi connectivity index (χ3n) is 6.14. The number of phenols is 1. The van der Waals surface area contributed by atoms with Crippen LogP contribution in [0.25, 0.3) is 0 Å². The van der Waals surface area contributed by atoms with Crippen LogP contribution in [0.15, 0.2) is 48.5 Å². The number of cyclic esters (lactones) is 1. The molecule has 2 fully saturated rings. The normalized spacial score (nSPS) is 31.1. The average molecular weight is 474 g/mol. The molecule has 10 heteroatoms. The summed E-state index contributed by atoms with van der Waals surface area (Å²) in [5, 5.41) is 48.8. The average Bonchev–Trinajstić information content (AvgIpc) is 3.13. The number of esters is 1. The molecule has 0 spiro atoms. The van der Waals surface area contributed by atoms with E-state index in [1.54, 1.807) is 42.5 Å². The molecule has 2 aromatic rings. The fourth-order valence-electron chi connectivity index (χ4n) is 4.33. The van der Waals surface area contributed by atoms with Crippen LogP contribution in [0.3, 0.4) is 0 Å². The Hall–Kier alpha value is -3.18. The Labute approximate surface area is 194 Å². The van der Waals surface area contributed by atoms with Crippen molar-refractivity contribution in [1.82, 2.24) is 0 Å². The van der Waals surface area contributed by atoms with E-state index in [1.165, 1.54) is 0 Å². The highest BCUT2D eigenvalue weighted by atomic mass is 16.7. The van der Waals surface area contributed by atoms with Gasteiger partial charge in [0, 0.05) is 5.92 Å². The van der Waals surface area contributed by atoms with Crippen LogP contribution in [0.5, 0.6) is 11.5 Å². The molecule has 34 heavy (non-hydrogen) atoms. The van der Waals surface area contributed by atoms with Crippen molar-refractivity contribution in [3.8, 4) is 11.5 Å². The van der Waals surface area contributed by atoms with Crippen LogP contribution in [0.1, 0.15) is 11.1 Å². The highest BCUT2D eigenvalue weighted by Crippen LogP contribution is 2.31. The second kappa shape index (κ2) is 9.98. The van der Waals surface area contributed by atoms with Gasteiger partial charge < -0.3 is 39.7 Å². The highest BCUT2D eigenvalue weighted by Gasteiger charge is 2.48. The number of benzene rings is 2. The largest absolute Gasteiger partial charge is 0.508 e. The van der Waals surface area contributed by atoms with Crippen LogP contribution in [-0.4, -0.2) is 74.8 Å². The number of aliphatic hydroxyl groups excluding tert-OH is 3. The van der Waals surface area contributed by atoms with E-state index in [1.807, 2.05) is 6.07 Å². The molecule has 2 unspecified atom stereocenters. The summed E-state index contributed by atoms with van der Waals surface area (Å²) in [5.74, 6) is -1.94. The van der Waals surface area contributed by atoms with Gasteiger partial charge in [0.05, 0.1) is 12.5 Å². The second-order valence-electron chi connectivity index (χ2n) is 8.58. The zero-order chi connectivity index (χ0) is 24.4. The minimum Gasteiger partial charge on any atom is -0.508 e. The zero-order valence-corrected chi connectivity index (χ0v) is 18.1. The summed E-state index contributed by atoms with van der Waals surface area (Å²) >= 11 is 0. The summed E-state index contributed by atoms with van der Waals surface area (Å²) < 4.78 is 16.0. The molecule has 0 aliphatic carbocycles. The molecule has 7 atom stereocenters. The van der Waals surface area contributed by atoms with Crippen molar-refractivity contribution >= 4 is 11.9 Å². The molecule has 0 saturated carbocycles. The molecule has 0 bridgehead atoms. The van der Waals surface area contributed by atoms with Gasteiger partial charge in [-0.15, -0.1) is 0 Å². The number of aliphatic carboxylic acids is 1. The summed E-state index contributed by atoms with van der Waals surface area (Å²) in [6.07, 6.45) is -7.63. The number of carboxylic acids is 1. The molecular weight excluding hydrogens is 448 g/mol. The lowest BCUT2D eigenvalue weighted by molar-refractivity contribution is -0.271.